The van der Waals surface area contributed by atoms with E-state index < -0.39 is 6.23 Å². The summed E-state index contributed by atoms with van der Waals surface area (Å²) < 4.78 is 13.5. The Hall–Kier alpha value is -1.79. The highest BCUT2D eigenvalue weighted by molar-refractivity contribution is 14.1. The number of aromatic hydroxyl groups is 1. The third-order valence-corrected chi connectivity index (χ3v) is 6.35. The van der Waals surface area contributed by atoms with E-state index in [-0.39, 0.29) is 5.75 Å². The van der Waals surface area contributed by atoms with Gasteiger partial charge in [0, 0.05) is 21.3 Å². The molecule has 1 atom stereocenters. The summed E-state index contributed by atoms with van der Waals surface area (Å²) in [5, 5.41) is 22.9. The van der Waals surface area contributed by atoms with Crippen molar-refractivity contribution in [2.24, 2.45) is 0 Å². The van der Waals surface area contributed by atoms with Crippen LogP contribution < -0.4 is 14.8 Å². The third kappa shape index (κ3) is 4.30. The Bertz CT molecular complexity index is 1100. The first kappa shape index (κ1) is 21.4. The van der Waals surface area contributed by atoms with E-state index in [0.29, 0.717) is 32.7 Å². The first-order valence-corrected chi connectivity index (χ1v) is 12.1. The molecule has 30 heavy (non-hydrogen) atoms. The van der Waals surface area contributed by atoms with Gasteiger partial charge in [-0.25, -0.2) is 0 Å². The fraction of sp³-hybridized carbons (Fsp3) is 0.250. The first-order valence-electron chi connectivity index (χ1n) is 9.26. The Balaban J connectivity index is 1.84. The molecule has 1 aromatic heterocycles. The van der Waals surface area contributed by atoms with E-state index in [1.165, 1.54) is 11.8 Å². The Morgan fingerprint density at radius 3 is 2.87 bits per heavy atom. The van der Waals surface area contributed by atoms with Crippen LogP contribution in [0, 0.1) is 3.57 Å². The predicted octanol–water partition coefficient (Wildman–Crippen LogP) is 5.63. The van der Waals surface area contributed by atoms with Gasteiger partial charge in [-0.05, 0) is 65.6 Å². The van der Waals surface area contributed by atoms with Gasteiger partial charge in [-0.15, -0.1) is 10.2 Å². The van der Waals surface area contributed by atoms with Gasteiger partial charge in [0.05, 0.1) is 10.2 Å². The van der Waals surface area contributed by atoms with Crippen molar-refractivity contribution in [1.29, 1.82) is 0 Å². The van der Waals surface area contributed by atoms with Crippen LogP contribution in [0.15, 0.2) is 40.0 Å². The Labute approximate surface area is 200 Å². The largest absolute Gasteiger partial charge is 0.504 e. The summed E-state index contributed by atoms with van der Waals surface area (Å²) >= 11 is 7.11. The van der Waals surface area contributed by atoms with Gasteiger partial charge in [0.15, 0.2) is 23.4 Å². The SMILES string of the molecule is CCOc1cc([C@H]2Nc3ccc(Br)cc3-c3nnc(SCC)nc3O2)cc(I)c1O. The minimum Gasteiger partial charge on any atom is -0.504 e. The van der Waals surface area contributed by atoms with Gasteiger partial charge >= 0.3 is 0 Å². The lowest BCUT2D eigenvalue weighted by molar-refractivity contribution is 0.224. The zero-order chi connectivity index (χ0) is 21.3. The maximum atomic E-state index is 10.3. The standard InChI is InChI=1S/C20H18BrIN4O3S/c1-3-28-15-8-10(7-13(22)17(15)27)18-23-14-6-5-11(21)9-12(14)16-19(29-18)24-20(26-25-16)30-4-2/h5-9,18,23,27H,3-4H2,1-2H3/t18-/m0/s1. The molecule has 0 amide bonds. The topological polar surface area (TPSA) is 89.4 Å². The van der Waals surface area contributed by atoms with Crippen molar-refractivity contribution in [3.8, 4) is 28.6 Å². The number of anilines is 1. The van der Waals surface area contributed by atoms with E-state index in [2.05, 4.69) is 59.0 Å². The molecule has 0 aliphatic carbocycles. The molecule has 4 rings (SSSR count). The van der Waals surface area contributed by atoms with Crippen molar-refractivity contribution in [3.05, 3.63) is 43.9 Å². The molecule has 1 aliphatic rings. The number of phenolic OH excluding ortho intramolecular Hbond substituents is 1. The van der Waals surface area contributed by atoms with E-state index >= 15 is 0 Å². The van der Waals surface area contributed by atoms with Crippen molar-refractivity contribution >= 4 is 56.0 Å². The number of nitrogens with zero attached hydrogens (tertiary/aromatic N) is 3. The number of hydrogen-bond donors (Lipinski definition) is 2. The summed E-state index contributed by atoms with van der Waals surface area (Å²) in [6.07, 6.45) is -0.560. The van der Waals surface area contributed by atoms with Crippen molar-refractivity contribution in [2.45, 2.75) is 25.2 Å². The lowest BCUT2D eigenvalue weighted by Crippen LogP contribution is -2.17. The second-order valence-electron chi connectivity index (χ2n) is 6.30. The number of aromatic nitrogens is 3. The Kier molecular flexibility index (Phi) is 6.54. The van der Waals surface area contributed by atoms with E-state index in [4.69, 9.17) is 9.47 Å². The van der Waals surface area contributed by atoms with Gasteiger partial charge in [0.25, 0.3) is 0 Å². The van der Waals surface area contributed by atoms with Crippen molar-refractivity contribution < 1.29 is 14.6 Å². The average molecular weight is 601 g/mol. The molecule has 10 heteroatoms. The van der Waals surface area contributed by atoms with E-state index in [1.807, 2.05) is 38.1 Å². The zero-order valence-electron chi connectivity index (χ0n) is 16.1. The number of nitrogens with one attached hydrogen (secondary N) is 1. The molecule has 156 valence electrons. The lowest BCUT2D eigenvalue weighted by Gasteiger charge is -2.21. The Morgan fingerprint density at radius 1 is 1.27 bits per heavy atom. The van der Waals surface area contributed by atoms with Crippen LogP contribution in [0.5, 0.6) is 17.4 Å². The summed E-state index contributed by atoms with van der Waals surface area (Å²) in [7, 11) is 0. The normalized spacial score (nSPS) is 14.7. The summed E-state index contributed by atoms with van der Waals surface area (Å²) in [6, 6.07) is 9.49. The molecule has 0 saturated carbocycles. The molecule has 0 bridgehead atoms. The first-order chi connectivity index (χ1) is 14.5. The van der Waals surface area contributed by atoms with Gasteiger partial charge in [-0.3, -0.25) is 0 Å². The number of benzene rings is 2. The average Bonchev–Trinajstić information content (AvgIpc) is 2.88. The highest BCUT2D eigenvalue weighted by Crippen LogP contribution is 2.42. The summed E-state index contributed by atoms with van der Waals surface area (Å²) in [4.78, 5) is 4.60. The van der Waals surface area contributed by atoms with Gasteiger partial charge in [-0.1, -0.05) is 34.6 Å². The van der Waals surface area contributed by atoms with Crippen LogP contribution in [0.1, 0.15) is 25.6 Å². The van der Waals surface area contributed by atoms with Crippen molar-refractivity contribution in [3.63, 3.8) is 0 Å². The molecule has 0 spiro atoms. The quantitative estimate of drug-likeness (QED) is 0.288. The molecule has 3 aromatic rings. The van der Waals surface area contributed by atoms with Gasteiger partial charge in [0.2, 0.25) is 11.0 Å². The molecule has 0 saturated heterocycles. The molecule has 7 nitrogen and oxygen atoms in total. The fourth-order valence-corrected chi connectivity index (χ4v) is 4.51. The summed E-state index contributed by atoms with van der Waals surface area (Å²) in [5.41, 5.74) is 3.05. The lowest BCUT2D eigenvalue weighted by atomic mass is 10.1. The molecule has 0 radical (unpaired) electrons. The zero-order valence-corrected chi connectivity index (χ0v) is 20.7. The summed E-state index contributed by atoms with van der Waals surface area (Å²) in [5.74, 6) is 1.76. The maximum absolute atomic E-state index is 10.3. The predicted molar refractivity (Wildman–Crippen MR) is 128 cm³/mol. The number of thioether (sulfide) groups is 1. The number of rotatable bonds is 5. The number of hydrogen-bond acceptors (Lipinski definition) is 8. The second kappa shape index (κ2) is 9.15. The monoisotopic (exact) mass is 600 g/mol. The fourth-order valence-electron chi connectivity index (χ4n) is 3.02. The van der Waals surface area contributed by atoms with Crippen LogP contribution in [0.3, 0.4) is 0 Å². The van der Waals surface area contributed by atoms with Crippen molar-refractivity contribution in [1.82, 2.24) is 15.2 Å². The number of phenols is 1. The maximum Gasteiger partial charge on any atom is 0.247 e. The highest BCUT2D eigenvalue weighted by Gasteiger charge is 2.27. The van der Waals surface area contributed by atoms with Crippen LogP contribution in [-0.4, -0.2) is 32.6 Å². The van der Waals surface area contributed by atoms with Crippen LogP contribution in [0.4, 0.5) is 5.69 Å². The highest BCUT2D eigenvalue weighted by atomic mass is 127. The Morgan fingerprint density at radius 2 is 2.10 bits per heavy atom. The van der Waals surface area contributed by atoms with E-state index in [1.54, 1.807) is 6.07 Å². The van der Waals surface area contributed by atoms with Crippen LogP contribution in [0.2, 0.25) is 0 Å². The number of fused-ring (bicyclic) bond motifs is 3. The molecule has 2 aromatic carbocycles. The van der Waals surface area contributed by atoms with Crippen LogP contribution >= 0.6 is 50.3 Å². The molecular weight excluding hydrogens is 583 g/mol. The van der Waals surface area contributed by atoms with Gasteiger partial charge < -0.3 is 19.9 Å². The van der Waals surface area contributed by atoms with E-state index in [9.17, 15) is 5.11 Å². The minimum absolute atomic E-state index is 0.116. The van der Waals surface area contributed by atoms with Crippen molar-refractivity contribution in [2.75, 3.05) is 17.7 Å². The smallest absolute Gasteiger partial charge is 0.247 e. The molecule has 0 fully saturated rings. The van der Waals surface area contributed by atoms with E-state index in [0.717, 1.165) is 27.0 Å². The molecule has 1 aliphatic heterocycles. The number of ether oxygens (including phenoxy) is 2. The minimum atomic E-state index is -0.560. The molecule has 0 unspecified atom stereocenters. The molecule has 2 N–H and O–H groups in total. The summed E-state index contributed by atoms with van der Waals surface area (Å²) in [6.45, 7) is 4.35. The second-order valence-corrected chi connectivity index (χ2v) is 9.60. The van der Waals surface area contributed by atoms with Gasteiger partial charge in [-0.2, -0.15) is 4.98 Å². The molecule has 2 heterocycles. The van der Waals surface area contributed by atoms with Crippen LogP contribution in [-0.2, 0) is 0 Å². The third-order valence-electron chi connectivity index (χ3n) is 4.31. The van der Waals surface area contributed by atoms with Gasteiger partial charge in [0.1, 0.15) is 0 Å². The molecular formula is C20H18BrIN4O3S. The number of halogens is 2. The van der Waals surface area contributed by atoms with Crippen LogP contribution in [0.25, 0.3) is 11.3 Å².